The standard InChI is InChI=1S/C5H12NO4P/c1-3-4-10-11(8,9)5(7)6-2/h3-4H2,1-2H3,(H,6,7)(H,8,9). The van der Waals surface area contributed by atoms with Crippen molar-refractivity contribution >= 4 is 13.2 Å². The van der Waals surface area contributed by atoms with E-state index in [1.54, 1.807) is 6.92 Å². The zero-order valence-corrected chi connectivity index (χ0v) is 7.43. The Labute approximate surface area is 65.3 Å². The van der Waals surface area contributed by atoms with Crippen molar-refractivity contribution in [3.63, 3.8) is 0 Å². The zero-order chi connectivity index (χ0) is 8.91. The van der Waals surface area contributed by atoms with Crippen LogP contribution >= 0.6 is 7.60 Å². The number of hydrogen-bond donors (Lipinski definition) is 2. The highest BCUT2D eigenvalue weighted by Gasteiger charge is 2.28. The summed E-state index contributed by atoms with van der Waals surface area (Å²) < 4.78 is 15.3. The van der Waals surface area contributed by atoms with Gasteiger partial charge in [-0.1, -0.05) is 6.92 Å². The van der Waals surface area contributed by atoms with E-state index in [0.717, 1.165) is 0 Å². The van der Waals surface area contributed by atoms with Crippen molar-refractivity contribution in [2.45, 2.75) is 13.3 Å². The van der Waals surface area contributed by atoms with Crippen LogP contribution in [0.5, 0.6) is 0 Å². The average Bonchev–Trinajstić information content (AvgIpc) is 1.99. The smallest absolute Gasteiger partial charge is 0.349 e. The van der Waals surface area contributed by atoms with Gasteiger partial charge in [0.1, 0.15) is 0 Å². The van der Waals surface area contributed by atoms with Crippen molar-refractivity contribution in [2.24, 2.45) is 0 Å². The molecule has 0 radical (unpaired) electrons. The van der Waals surface area contributed by atoms with Crippen LogP contribution in [0.15, 0.2) is 0 Å². The molecular weight excluding hydrogens is 169 g/mol. The molecule has 0 fully saturated rings. The fourth-order valence-electron chi connectivity index (χ4n) is 0.415. The van der Waals surface area contributed by atoms with Crippen molar-refractivity contribution in [3.05, 3.63) is 0 Å². The summed E-state index contributed by atoms with van der Waals surface area (Å²) in [5.74, 6) is 0. The molecule has 5 nitrogen and oxygen atoms in total. The predicted molar refractivity (Wildman–Crippen MR) is 40.5 cm³/mol. The van der Waals surface area contributed by atoms with E-state index in [-0.39, 0.29) is 6.61 Å². The normalized spacial score (nSPS) is 15.5. The van der Waals surface area contributed by atoms with Gasteiger partial charge in [-0.15, -0.1) is 0 Å². The van der Waals surface area contributed by atoms with E-state index in [4.69, 9.17) is 4.89 Å². The van der Waals surface area contributed by atoms with Gasteiger partial charge in [0.15, 0.2) is 0 Å². The molecule has 0 aromatic carbocycles. The third-order valence-electron chi connectivity index (χ3n) is 0.941. The quantitative estimate of drug-likeness (QED) is 0.633. The summed E-state index contributed by atoms with van der Waals surface area (Å²) in [5.41, 5.74) is -0.967. The van der Waals surface area contributed by atoms with Crippen molar-refractivity contribution in [2.75, 3.05) is 13.7 Å². The Kier molecular flexibility index (Phi) is 4.33. The first kappa shape index (κ1) is 10.6. The topological polar surface area (TPSA) is 75.6 Å². The molecule has 0 rings (SSSR count). The predicted octanol–water partition coefficient (Wildman–Crippen LogP) is 0.938. The Hall–Kier alpha value is -0.380. The van der Waals surface area contributed by atoms with Crippen molar-refractivity contribution in [1.29, 1.82) is 0 Å². The number of carbonyl (C=O) groups excluding carboxylic acids is 1. The molecule has 0 bridgehead atoms. The summed E-state index contributed by atoms with van der Waals surface area (Å²) in [4.78, 5) is 19.4. The summed E-state index contributed by atoms with van der Waals surface area (Å²) in [6.07, 6.45) is 0.599. The molecule has 0 saturated heterocycles. The van der Waals surface area contributed by atoms with Gasteiger partial charge in [-0.05, 0) is 6.42 Å². The summed E-state index contributed by atoms with van der Waals surface area (Å²) in [6.45, 7) is 1.89. The fourth-order valence-corrected chi connectivity index (χ4v) is 1.24. The summed E-state index contributed by atoms with van der Waals surface area (Å²) in [5, 5.41) is 2.04. The zero-order valence-electron chi connectivity index (χ0n) is 6.53. The first-order chi connectivity index (χ1) is 5.04. The lowest BCUT2D eigenvalue weighted by Gasteiger charge is -2.08. The van der Waals surface area contributed by atoms with E-state index >= 15 is 0 Å². The van der Waals surface area contributed by atoms with Gasteiger partial charge in [0.25, 0.3) is 0 Å². The number of nitrogens with one attached hydrogen (secondary N) is 1. The van der Waals surface area contributed by atoms with Gasteiger partial charge in [-0.25, -0.2) is 4.57 Å². The van der Waals surface area contributed by atoms with Gasteiger partial charge >= 0.3 is 13.2 Å². The highest BCUT2D eigenvalue weighted by atomic mass is 31.2. The molecule has 0 spiro atoms. The molecule has 0 aliphatic carbocycles. The highest BCUT2D eigenvalue weighted by molar-refractivity contribution is 7.70. The molecule has 0 heterocycles. The maximum absolute atomic E-state index is 10.8. The van der Waals surface area contributed by atoms with E-state index in [9.17, 15) is 9.36 Å². The summed E-state index contributed by atoms with van der Waals surface area (Å²) in [7, 11) is -2.77. The number of hydrogen-bond acceptors (Lipinski definition) is 3. The lowest BCUT2D eigenvalue weighted by atomic mass is 10.5. The minimum absolute atomic E-state index is 0.112. The lowest BCUT2D eigenvalue weighted by molar-refractivity contribution is 0.231. The minimum atomic E-state index is -4.05. The van der Waals surface area contributed by atoms with Crippen molar-refractivity contribution < 1.29 is 18.8 Å². The van der Waals surface area contributed by atoms with Gasteiger partial charge in [0, 0.05) is 7.05 Å². The molecule has 0 saturated carbocycles. The largest absolute Gasteiger partial charge is 0.415 e. The van der Waals surface area contributed by atoms with Crippen LogP contribution < -0.4 is 5.32 Å². The Morgan fingerprint density at radius 1 is 1.73 bits per heavy atom. The molecule has 1 amide bonds. The molecule has 0 aliphatic heterocycles. The molecule has 1 unspecified atom stereocenters. The molecule has 6 heteroatoms. The minimum Gasteiger partial charge on any atom is -0.349 e. The SMILES string of the molecule is CCCOP(=O)(O)C(=O)NC. The second-order valence-corrected chi connectivity index (χ2v) is 3.61. The molecule has 11 heavy (non-hydrogen) atoms. The Morgan fingerprint density at radius 3 is 2.64 bits per heavy atom. The molecular formula is C5H12NO4P. The monoisotopic (exact) mass is 181 g/mol. The molecule has 1 atom stereocenters. The van der Waals surface area contributed by atoms with Gasteiger partial charge in [-0.3, -0.25) is 4.79 Å². The third-order valence-corrected chi connectivity index (χ3v) is 2.21. The maximum atomic E-state index is 10.8. The van der Waals surface area contributed by atoms with Gasteiger partial charge < -0.3 is 14.7 Å². The van der Waals surface area contributed by atoms with Gasteiger partial charge in [0.2, 0.25) is 0 Å². The van der Waals surface area contributed by atoms with Crippen LogP contribution in [0.1, 0.15) is 13.3 Å². The van der Waals surface area contributed by atoms with Crippen LogP contribution in [-0.4, -0.2) is 24.2 Å². The van der Waals surface area contributed by atoms with E-state index in [0.29, 0.717) is 6.42 Å². The molecule has 2 N–H and O–H groups in total. The molecule has 66 valence electrons. The molecule has 0 aromatic heterocycles. The van der Waals surface area contributed by atoms with Crippen LogP contribution in [0.25, 0.3) is 0 Å². The van der Waals surface area contributed by atoms with E-state index in [1.165, 1.54) is 7.05 Å². The van der Waals surface area contributed by atoms with Crippen LogP contribution in [0, 0.1) is 0 Å². The van der Waals surface area contributed by atoms with Crippen LogP contribution in [0.4, 0.5) is 4.79 Å². The maximum Gasteiger partial charge on any atom is 0.415 e. The van der Waals surface area contributed by atoms with Crippen LogP contribution in [0.2, 0.25) is 0 Å². The second kappa shape index (κ2) is 4.49. The van der Waals surface area contributed by atoms with E-state index < -0.39 is 13.2 Å². The first-order valence-electron chi connectivity index (χ1n) is 3.24. The molecule has 0 aliphatic rings. The lowest BCUT2D eigenvalue weighted by Crippen LogP contribution is -2.17. The fraction of sp³-hybridized carbons (Fsp3) is 0.800. The van der Waals surface area contributed by atoms with Gasteiger partial charge in [-0.2, -0.15) is 0 Å². The van der Waals surface area contributed by atoms with Crippen molar-refractivity contribution in [1.82, 2.24) is 5.32 Å². The third kappa shape index (κ3) is 3.51. The van der Waals surface area contributed by atoms with Crippen LogP contribution in [-0.2, 0) is 9.09 Å². The van der Waals surface area contributed by atoms with Crippen LogP contribution in [0.3, 0.4) is 0 Å². The van der Waals surface area contributed by atoms with Crippen molar-refractivity contribution in [3.8, 4) is 0 Å². The summed E-state index contributed by atoms with van der Waals surface area (Å²) in [6, 6.07) is 0. The number of carbonyl (C=O) groups is 1. The van der Waals surface area contributed by atoms with Gasteiger partial charge in [0.05, 0.1) is 6.61 Å². The second-order valence-electron chi connectivity index (χ2n) is 1.91. The average molecular weight is 181 g/mol. The summed E-state index contributed by atoms with van der Waals surface area (Å²) >= 11 is 0. The number of amides is 1. The highest BCUT2D eigenvalue weighted by Crippen LogP contribution is 2.42. The van der Waals surface area contributed by atoms with E-state index in [2.05, 4.69) is 4.52 Å². The Balaban J connectivity index is 4.00. The molecule has 0 aromatic rings. The number of rotatable bonds is 4. The Bertz CT molecular complexity index is 181. The Morgan fingerprint density at radius 2 is 2.27 bits per heavy atom. The van der Waals surface area contributed by atoms with E-state index in [1.807, 2.05) is 5.32 Å². The first-order valence-corrected chi connectivity index (χ1v) is 4.82.